The summed E-state index contributed by atoms with van der Waals surface area (Å²) in [5.74, 6) is 0.689. The average Bonchev–Trinajstić information content (AvgIpc) is 2.60. The number of halogens is 1. The summed E-state index contributed by atoms with van der Waals surface area (Å²) in [7, 11) is 2.09. The smallest absolute Gasteiger partial charge is 0.260 e. The van der Waals surface area contributed by atoms with Crippen LogP contribution in [0.5, 0.6) is 5.75 Å². The summed E-state index contributed by atoms with van der Waals surface area (Å²) in [6.07, 6.45) is 3.01. The van der Waals surface area contributed by atoms with Gasteiger partial charge >= 0.3 is 0 Å². The van der Waals surface area contributed by atoms with Gasteiger partial charge in [0.15, 0.2) is 6.61 Å². The van der Waals surface area contributed by atoms with Crippen molar-refractivity contribution >= 4 is 17.5 Å². The fourth-order valence-corrected chi connectivity index (χ4v) is 4.47. The van der Waals surface area contributed by atoms with Crippen molar-refractivity contribution in [3.8, 4) is 5.75 Å². The fourth-order valence-electron chi connectivity index (χ4n) is 4.25. The summed E-state index contributed by atoms with van der Waals surface area (Å²) in [5.41, 5.74) is 0.863. The van der Waals surface area contributed by atoms with Gasteiger partial charge in [-0.25, -0.2) is 0 Å². The summed E-state index contributed by atoms with van der Waals surface area (Å²) in [4.78, 5) is 16.8. The summed E-state index contributed by atoms with van der Waals surface area (Å²) < 4.78 is 5.71. The number of likely N-dealkylation sites (N-methyl/N-ethyl adjacent to an activating group) is 1. The zero-order valence-corrected chi connectivity index (χ0v) is 15.8. The Bertz CT molecular complexity index is 639. The van der Waals surface area contributed by atoms with Crippen molar-refractivity contribution in [3.05, 3.63) is 28.8 Å². The van der Waals surface area contributed by atoms with Gasteiger partial charge in [0.25, 0.3) is 5.91 Å². The molecule has 2 fully saturated rings. The van der Waals surface area contributed by atoms with Crippen LogP contribution in [0, 0.1) is 12.3 Å². The minimum Gasteiger partial charge on any atom is -0.483 e. The van der Waals surface area contributed by atoms with E-state index in [0.29, 0.717) is 23.9 Å². The summed E-state index contributed by atoms with van der Waals surface area (Å²) in [5, 5.41) is 10.6. The number of carbonyl (C=O) groups is 1. The van der Waals surface area contributed by atoms with Gasteiger partial charge in [0.2, 0.25) is 0 Å². The van der Waals surface area contributed by atoms with Crippen molar-refractivity contribution in [2.24, 2.45) is 5.41 Å². The number of piperidine rings is 2. The van der Waals surface area contributed by atoms with Crippen LogP contribution in [0.1, 0.15) is 24.8 Å². The second-order valence-electron chi connectivity index (χ2n) is 7.41. The molecular weight excluding hydrogens is 340 g/mol. The molecular formula is C19H27ClN2O3. The normalized spacial score (nSPS) is 27.0. The molecule has 138 valence electrons. The Labute approximate surface area is 154 Å². The van der Waals surface area contributed by atoms with Gasteiger partial charge in [-0.1, -0.05) is 11.6 Å². The van der Waals surface area contributed by atoms with Gasteiger partial charge in [0.05, 0.1) is 6.61 Å². The zero-order chi connectivity index (χ0) is 18.0. The number of aryl methyl sites for hydroxylation is 1. The summed E-state index contributed by atoms with van der Waals surface area (Å²) >= 11 is 5.95. The number of hydrogen-bond donors (Lipinski definition) is 1. The number of nitrogens with zero attached hydrogens (tertiary/aromatic N) is 2. The molecule has 25 heavy (non-hydrogen) atoms. The minimum atomic E-state index is -0.0581. The van der Waals surface area contributed by atoms with E-state index in [1.807, 2.05) is 17.9 Å². The lowest BCUT2D eigenvalue weighted by molar-refractivity contribution is -0.141. The molecule has 1 N–H and O–H groups in total. The molecule has 0 aromatic heterocycles. The second-order valence-corrected chi connectivity index (χ2v) is 7.85. The van der Waals surface area contributed by atoms with Gasteiger partial charge in [-0.05, 0) is 63.5 Å². The molecule has 2 aliphatic heterocycles. The lowest BCUT2D eigenvalue weighted by Gasteiger charge is -2.53. The van der Waals surface area contributed by atoms with Crippen molar-refractivity contribution < 1.29 is 14.6 Å². The van der Waals surface area contributed by atoms with E-state index in [9.17, 15) is 9.90 Å². The Morgan fingerprint density at radius 3 is 2.92 bits per heavy atom. The Morgan fingerprint density at radius 2 is 2.20 bits per heavy atom. The highest BCUT2D eigenvalue weighted by Crippen LogP contribution is 2.41. The largest absolute Gasteiger partial charge is 0.483 e. The van der Waals surface area contributed by atoms with Crippen molar-refractivity contribution in [3.63, 3.8) is 0 Å². The van der Waals surface area contributed by atoms with Gasteiger partial charge in [-0.3, -0.25) is 4.79 Å². The van der Waals surface area contributed by atoms with E-state index in [4.69, 9.17) is 16.3 Å². The number of amides is 1. The molecule has 1 aromatic rings. The standard InChI is InChI=1S/C19H27ClN2O3/c1-14-10-15(20)4-5-16(14)25-12-18(24)22-9-7-19(13-23)6-3-8-21(2)17(19)11-22/h4-5,10,17,23H,3,6-9,11-13H2,1-2H3/t17-,19-/m1/s1. The summed E-state index contributed by atoms with van der Waals surface area (Å²) in [6, 6.07) is 5.62. The van der Waals surface area contributed by atoms with Crippen LogP contribution in [-0.2, 0) is 4.79 Å². The number of carbonyl (C=O) groups excluding carboxylic acids is 1. The molecule has 6 heteroatoms. The van der Waals surface area contributed by atoms with E-state index < -0.39 is 0 Å². The van der Waals surface area contributed by atoms with E-state index in [1.54, 1.807) is 12.1 Å². The van der Waals surface area contributed by atoms with Crippen LogP contribution in [0.4, 0.5) is 0 Å². The molecule has 2 heterocycles. The average molecular weight is 367 g/mol. The maximum absolute atomic E-state index is 12.6. The molecule has 5 nitrogen and oxygen atoms in total. The topological polar surface area (TPSA) is 53.0 Å². The van der Waals surface area contributed by atoms with Gasteiger partial charge in [-0.15, -0.1) is 0 Å². The molecule has 0 bridgehead atoms. The molecule has 0 spiro atoms. The predicted octanol–water partition coefficient (Wildman–Crippen LogP) is 2.33. The van der Waals surface area contributed by atoms with Crippen LogP contribution < -0.4 is 4.74 Å². The van der Waals surface area contributed by atoms with Gasteiger partial charge in [0, 0.05) is 29.6 Å². The van der Waals surface area contributed by atoms with E-state index in [1.165, 1.54) is 0 Å². The highest BCUT2D eigenvalue weighted by molar-refractivity contribution is 6.30. The monoisotopic (exact) mass is 366 g/mol. The third-order valence-electron chi connectivity index (χ3n) is 5.85. The van der Waals surface area contributed by atoms with E-state index in [0.717, 1.165) is 31.4 Å². The van der Waals surface area contributed by atoms with Gasteiger partial charge in [-0.2, -0.15) is 0 Å². The molecule has 1 aromatic carbocycles. The molecule has 2 saturated heterocycles. The van der Waals surface area contributed by atoms with E-state index in [2.05, 4.69) is 11.9 Å². The number of hydrogen-bond acceptors (Lipinski definition) is 4. The quantitative estimate of drug-likeness (QED) is 0.888. The SMILES string of the molecule is Cc1cc(Cl)ccc1OCC(=O)N1CC[C@@]2(CO)CCCN(C)[C@@H]2C1. The summed E-state index contributed by atoms with van der Waals surface area (Å²) in [6.45, 7) is 4.52. The van der Waals surface area contributed by atoms with Crippen LogP contribution in [0.25, 0.3) is 0 Å². The van der Waals surface area contributed by atoms with Gasteiger partial charge in [0.1, 0.15) is 5.75 Å². The number of likely N-dealkylation sites (tertiary alicyclic amines) is 2. The van der Waals surface area contributed by atoms with Crippen LogP contribution in [0.15, 0.2) is 18.2 Å². The van der Waals surface area contributed by atoms with E-state index in [-0.39, 0.29) is 30.6 Å². The Hall–Kier alpha value is -1.30. The van der Waals surface area contributed by atoms with Gasteiger partial charge < -0.3 is 19.6 Å². The Kier molecular flexibility index (Phi) is 5.56. The fraction of sp³-hybridized carbons (Fsp3) is 0.632. The predicted molar refractivity (Wildman–Crippen MR) is 98.1 cm³/mol. The molecule has 2 atom stereocenters. The van der Waals surface area contributed by atoms with Crippen molar-refractivity contribution in [1.29, 1.82) is 0 Å². The van der Waals surface area contributed by atoms with Crippen molar-refractivity contribution in [1.82, 2.24) is 9.80 Å². The Morgan fingerprint density at radius 1 is 1.40 bits per heavy atom. The van der Waals surface area contributed by atoms with Crippen LogP contribution in [0.2, 0.25) is 5.02 Å². The van der Waals surface area contributed by atoms with Crippen LogP contribution >= 0.6 is 11.6 Å². The first-order valence-electron chi connectivity index (χ1n) is 8.93. The third kappa shape index (κ3) is 3.78. The molecule has 0 radical (unpaired) electrons. The lowest BCUT2D eigenvalue weighted by atomic mass is 9.69. The number of aliphatic hydroxyl groups excluding tert-OH is 1. The Balaban J connectivity index is 1.61. The van der Waals surface area contributed by atoms with E-state index >= 15 is 0 Å². The second kappa shape index (κ2) is 7.52. The first kappa shape index (κ1) is 18.5. The highest BCUT2D eigenvalue weighted by atomic mass is 35.5. The van der Waals surface area contributed by atoms with Crippen molar-refractivity contribution in [2.45, 2.75) is 32.2 Å². The molecule has 0 saturated carbocycles. The first-order valence-corrected chi connectivity index (χ1v) is 9.31. The molecule has 1 amide bonds. The number of aliphatic hydroxyl groups is 1. The highest BCUT2D eigenvalue weighted by Gasteiger charge is 2.47. The number of rotatable bonds is 4. The van der Waals surface area contributed by atoms with Crippen molar-refractivity contribution in [2.75, 3.05) is 39.9 Å². The van der Waals surface area contributed by atoms with Crippen LogP contribution in [0.3, 0.4) is 0 Å². The number of fused-ring (bicyclic) bond motifs is 1. The zero-order valence-electron chi connectivity index (χ0n) is 15.0. The maximum atomic E-state index is 12.6. The molecule has 0 aliphatic carbocycles. The minimum absolute atomic E-state index is 0.000127. The first-order chi connectivity index (χ1) is 11.9. The third-order valence-corrected chi connectivity index (χ3v) is 6.09. The number of ether oxygens (including phenoxy) is 1. The maximum Gasteiger partial charge on any atom is 0.260 e. The number of benzene rings is 1. The lowest BCUT2D eigenvalue weighted by Crippen LogP contribution is -2.62. The van der Waals surface area contributed by atoms with Crippen LogP contribution in [-0.4, -0.2) is 66.8 Å². The molecule has 2 aliphatic rings. The molecule has 0 unspecified atom stereocenters. The molecule has 3 rings (SSSR count).